The summed E-state index contributed by atoms with van der Waals surface area (Å²) in [5.74, 6) is 1.63. The normalized spacial score (nSPS) is 10.4. The maximum absolute atomic E-state index is 6.12. The van der Waals surface area contributed by atoms with Crippen molar-refractivity contribution < 1.29 is 4.74 Å². The Kier molecular flexibility index (Phi) is 5.30. The first-order chi connectivity index (χ1) is 12.1. The highest BCUT2D eigenvalue weighted by atomic mass is 35.5. The van der Waals surface area contributed by atoms with Gasteiger partial charge in [-0.25, -0.2) is 0 Å². The van der Waals surface area contributed by atoms with E-state index in [4.69, 9.17) is 16.3 Å². The van der Waals surface area contributed by atoms with Crippen LogP contribution in [0, 0.1) is 6.92 Å². The highest BCUT2D eigenvalue weighted by Gasteiger charge is 2.05. The third-order valence-electron chi connectivity index (χ3n) is 3.52. The van der Waals surface area contributed by atoms with Crippen molar-refractivity contribution in [1.29, 1.82) is 0 Å². The maximum Gasteiger partial charge on any atom is 0.249 e. The largest absolute Gasteiger partial charge is 0.495 e. The summed E-state index contributed by atoms with van der Waals surface area (Å²) in [4.78, 5) is 4.41. The molecule has 2 N–H and O–H groups in total. The van der Waals surface area contributed by atoms with Crippen molar-refractivity contribution in [2.24, 2.45) is 0 Å². The van der Waals surface area contributed by atoms with Gasteiger partial charge in [0.25, 0.3) is 0 Å². The van der Waals surface area contributed by atoms with Gasteiger partial charge in [-0.05, 0) is 30.7 Å². The molecule has 3 aromatic rings. The summed E-state index contributed by atoms with van der Waals surface area (Å²) < 4.78 is 5.14. The third-order valence-corrected chi connectivity index (χ3v) is 3.82. The van der Waals surface area contributed by atoms with Crippen LogP contribution in [0.3, 0.4) is 0 Å². The second-order valence-corrected chi connectivity index (χ2v) is 5.89. The number of hydrogen-bond acceptors (Lipinski definition) is 6. The number of hydrogen-bond donors (Lipinski definition) is 2. The van der Waals surface area contributed by atoms with E-state index in [1.165, 1.54) is 11.1 Å². The van der Waals surface area contributed by atoms with Crippen LogP contribution >= 0.6 is 11.6 Å². The highest BCUT2D eigenvalue weighted by molar-refractivity contribution is 6.32. The van der Waals surface area contributed by atoms with Gasteiger partial charge in [0, 0.05) is 12.2 Å². The summed E-state index contributed by atoms with van der Waals surface area (Å²) in [6.07, 6.45) is 1.59. The predicted octanol–water partition coefficient (Wildman–Crippen LogP) is 4.20. The summed E-state index contributed by atoms with van der Waals surface area (Å²) in [5.41, 5.74) is 3.15. The Balaban J connectivity index is 1.68. The number of halogens is 1. The van der Waals surface area contributed by atoms with Crippen LogP contribution in [-0.2, 0) is 6.54 Å². The van der Waals surface area contributed by atoms with Crippen molar-refractivity contribution in [3.63, 3.8) is 0 Å². The summed E-state index contributed by atoms with van der Waals surface area (Å²) >= 11 is 6.12. The van der Waals surface area contributed by atoms with Gasteiger partial charge in [-0.2, -0.15) is 10.1 Å². The number of methoxy groups -OCH3 is 1. The van der Waals surface area contributed by atoms with Gasteiger partial charge >= 0.3 is 0 Å². The SMILES string of the molecule is COc1ccc(Nc2nncc(NCc3cccc(C)c3)n2)cc1Cl. The van der Waals surface area contributed by atoms with Gasteiger partial charge in [0.2, 0.25) is 5.95 Å². The lowest BCUT2D eigenvalue weighted by molar-refractivity contribution is 0.415. The number of aryl methyl sites for hydroxylation is 1. The van der Waals surface area contributed by atoms with Gasteiger partial charge in [0.05, 0.1) is 18.3 Å². The van der Waals surface area contributed by atoms with E-state index in [-0.39, 0.29) is 0 Å². The van der Waals surface area contributed by atoms with E-state index < -0.39 is 0 Å². The molecule has 0 aliphatic carbocycles. The molecule has 0 saturated heterocycles. The standard InChI is InChI=1S/C18H18ClN5O/c1-12-4-3-5-13(8-12)10-20-17-11-21-24-18(23-17)22-14-6-7-16(25-2)15(19)9-14/h3-9,11H,10H2,1-2H3,(H2,20,22,23,24). The average molecular weight is 356 g/mol. The molecule has 128 valence electrons. The molecule has 7 heteroatoms. The molecule has 0 radical (unpaired) electrons. The number of anilines is 3. The van der Waals surface area contributed by atoms with Gasteiger partial charge in [-0.15, -0.1) is 5.10 Å². The Labute approximate surface area is 151 Å². The number of nitrogens with one attached hydrogen (secondary N) is 2. The minimum absolute atomic E-state index is 0.385. The van der Waals surface area contributed by atoms with E-state index >= 15 is 0 Å². The summed E-state index contributed by atoms with van der Waals surface area (Å²) in [7, 11) is 1.57. The second kappa shape index (κ2) is 7.81. The molecule has 1 aromatic heterocycles. The van der Waals surface area contributed by atoms with Crippen LogP contribution in [-0.4, -0.2) is 22.3 Å². The monoisotopic (exact) mass is 355 g/mol. The van der Waals surface area contributed by atoms with Crippen LogP contribution in [0.2, 0.25) is 5.02 Å². The fourth-order valence-electron chi connectivity index (χ4n) is 2.33. The van der Waals surface area contributed by atoms with Crippen molar-refractivity contribution in [3.8, 4) is 5.75 Å². The number of aromatic nitrogens is 3. The van der Waals surface area contributed by atoms with Crippen LogP contribution < -0.4 is 15.4 Å². The van der Waals surface area contributed by atoms with Crippen LogP contribution in [0.1, 0.15) is 11.1 Å². The van der Waals surface area contributed by atoms with E-state index in [9.17, 15) is 0 Å². The molecule has 0 fully saturated rings. The molecule has 2 aromatic carbocycles. The van der Waals surface area contributed by atoms with Crippen molar-refractivity contribution in [1.82, 2.24) is 15.2 Å². The number of ether oxygens (including phenoxy) is 1. The first-order valence-corrected chi connectivity index (χ1v) is 8.11. The summed E-state index contributed by atoms with van der Waals surface area (Å²) in [6, 6.07) is 13.6. The van der Waals surface area contributed by atoms with E-state index in [1.807, 2.05) is 12.1 Å². The molecule has 25 heavy (non-hydrogen) atoms. The van der Waals surface area contributed by atoms with Crippen LogP contribution in [0.5, 0.6) is 5.75 Å². The molecule has 0 aliphatic heterocycles. The Hall–Kier alpha value is -2.86. The molecule has 0 saturated carbocycles. The molecular formula is C18H18ClN5O. The van der Waals surface area contributed by atoms with Crippen molar-refractivity contribution in [2.45, 2.75) is 13.5 Å². The van der Waals surface area contributed by atoms with Crippen LogP contribution in [0.25, 0.3) is 0 Å². The van der Waals surface area contributed by atoms with Gasteiger partial charge in [0.1, 0.15) is 5.75 Å². The van der Waals surface area contributed by atoms with Crippen LogP contribution in [0.4, 0.5) is 17.5 Å². The Morgan fingerprint density at radius 1 is 1.16 bits per heavy atom. The minimum Gasteiger partial charge on any atom is -0.495 e. The van der Waals surface area contributed by atoms with Crippen LogP contribution in [0.15, 0.2) is 48.7 Å². The zero-order valence-electron chi connectivity index (χ0n) is 14.0. The molecule has 0 spiro atoms. The van der Waals surface area contributed by atoms with Crippen molar-refractivity contribution in [3.05, 3.63) is 64.8 Å². The molecule has 1 heterocycles. The first-order valence-electron chi connectivity index (χ1n) is 7.74. The molecule has 0 aliphatic rings. The lowest BCUT2D eigenvalue weighted by atomic mass is 10.1. The van der Waals surface area contributed by atoms with Gasteiger partial charge in [0.15, 0.2) is 5.82 Å². The van der Waals surface area contributed by atoms with Crippen molar-refractivity contribution in [2.75, 3.05) is 17.7 Å². The molecule has 3 rings (SSSR count). The Morgan fingerprint density at radius 2 is 2.04 bits per heavy atom. The van der Waals surface area contributed by atoms with E-state index in [2.05, 4.69) is 50.9 Å². The van der Waals surface area contributed by atoms with E-state index in [1.54, 1.807) is 25.4 Å². The number of nitrogens with zero attached hydrogens (tertiary/aromatic N) is 3. The van der Waals surface area contributed by atoms with E-state index in [0.29, 0.717) is 29.1 Å². The zero-order valence-corrected chi connectivity index (χ0v) is 14.7. The Bertz CT molecular complexity index is 872. The molecule has 0 atom stereocenters. The molecule has 0 bridgehead atoms. The van der Waals surface area contributed by atoms with Gasteiger partial charge < -0.3 is 15.4 Å². The lowest BCUT2D eigenvalue weighted by Crippen LogP contribution is -2.05. The summed E-state index contributed by atoms with van der Waals surface area (Å²) in [5, 5.41) is 14.8. The lowest BCUT2D eigenvalue weighted by Gasteiger charge is -2.09. The number of rotatable bonds is 6. The molecular weight excluding hydrogens is 338 g/mol. The molecule has 6 nitrogen and oxygen atoms in total. The quantitative estimate of drug-likeness (QED) is 0.690. The maximum atomic E-state index is 6.12. The van der Waals surface area contributed by atoms with Gasteiger partial charge in [-0.3, -0.25) is 0 Å². The number of benzene rings is 2. The molecule has 0 amide bonds. The highest BCUT2D eigenvalue weighted by Crippen LogP contribution is 2.28. The fraction of sp³-hybridized carbons (Fsp3) is 0.167. The fourth-order valence-corrected chi connectivity index (χ4v) is 2.59. The zero-order chi connectivity index (χ0) is 17.6. The minimum atomic E-state index is 0.385. The van der Waals surface area contributed by atoms with Gasteiger partial charge in [-0.1, -0.05) is 41.4 Å². The Morgan fingerprint density at radius 3 is 2.80 bits per heavy atom. The second-order valence-electron chi connectivity index (χ2n) is 5.48. The first kappa shape index (κ1) is 17.0. The topological polar surface area (TPSA) is 72.0 Å². The third kappa shape index (κ3) is 4.58. The predicted molar refractivity (Wildman–Crippen MR) is 99.6 cm³/mol. The summed E-state index contributed by atoms with van der Waals surface area (Å²) in [6.45, 7) is 2.73. The van der Waals surface area contributed by atoms with E-state index in [0.717, 1.165) is 5.69 Å². The van der Waals surface area contributed by atoms with Crippen molar-refractivity contribution >= 4 is 29.1 Å². The molecule has 0 unspecified atom stereocenters. The smallest absolute Gasteiger partial charge is 0.249 e. The average Bonchev–Trinajstić information content (AvgIpc) is 2.61.